The number of nitrogens with two attached hydrogens (primary N) is 1. The molecule has 116 valence electrons. The van der Waals surface area contributed by atoms with Gasteiger partial charge in [-0.2, -0.15) is 4.98 Å². The maximum atomic E-state index is 10.7. The number of hydrogen-bond acceptors (Lipinski definition) is 6. The fraction of sp³-hybridized carbons (Fsp3) is 0.154. The average Bonchev–Trinajstić information content (AvgIpc) is 2.48. The Morgan fingerprint density at radius 2 is 2.09 bits per heavy atom. The normalized spacial score (nSPS) is 10.3. The van der Waals surface area contributed by atoms with E-state index in [9.17, 15) is 4.79 Å². The lowest BCUT2D eigenvalue weighted by atomic mass is 10.3. The number of hydroxylamine groups is 1. The van der Waals surface area contributed by atoms with Crippen molar-refractivity contribution >= 4 is 34.8 Å². The molecule has 0 spiro atoms. The number of nitrogens with zero attached hydrogens (tertiary/aromatic N) is 2. The number of aromatic nitrogens is 2. The van der Waals surface area contributed by atoms with Crippen LogP contribution in [0.3, 0.4) is 0 Å². The lowest BCUT2D eigenvalue weighted by Crippen LogP contribution is -2.20. The Bertz CT molecular complexity index is 697. The quantitative estimate of drug-likeness (QED) is 0.640. The Morgan fingerprint density at radius 3 is 2.82 bits per heavy atom. The second-order valence-electron chi connectivity index (χ2n) is 4.14. The Balaban J connectivity index is 2.10. The molecule has 2 rings (SSSR count). The van der Waals surface area contributed by atoms with Gasteiger partial charge in [-0.1, -0.05) is 23.2 Å². The van der Waals surface area contributed by atoms with E-state index in [1.807, 2.05) is 0 Å². The van der Waals surface area contributed by atoms with Gasteiger partial charge in [-0.25, -0.2) is 10.5 Å². The zero-order chi connectivity index (χ0) is 16.1. The molecule has 0 saturated carbocycles. The number of anilines is 1. The summed E-state index contributed by atoms with van der Waals surface area (Å²) in [4.78, 5) is 23.7. The highest BCUT2D eigenvalue weighted by molar-refractivity contribution is 6.44. The van der Waals surface area contributed by atoms with Gasteiger partial charge in [0.25, 0.3) is 0 Å². The second-order valence-corrected chi connectivity index (χ2v) is 4.90. The molecule has 0 fully saturated rings. The van der Waals surface area contributed by atoms with Gasteiger partial charge in [0, 0.05) is 19.2 Å². The first-order valence-corrected chi connectivity index (χ1v) is 6.84. The molecule has 0 aliphatic carbocycles. The molecule has 0 radical (unpaired) electrons. The number of amides is 1. The Hall–Kier alpha value is -2.09. The van der Waals surface area contributed by atoms with Crippen molar-refractivity contribution in [2.75, 3.05) is 5.73 Å². The summed E-state index contributed by atoms with van der Waals surface area (Å²) in [6.07, 6.45) is 1.49. The minimum atomic E-state index is -0.323. The SMILES string of the molecule is CC(=O)NOCc1nccc(Oc2ccc(N)c(Cl)c2Cl)n1. The Morgan fingerprint density at radius 1 is 1.32 bits per heavy atom. The minimum Gasteiger partial charge on any atom is -0.437 e. The van der Waals surface area contributed by atoms with Crippen molar-refractivity contribution in [2.24, 2.45) is 0 Å². The van der Waals surface area contributed by atoms with E-state index in [-0.39, 0.29) is 28.4 Å². The smallest absolute Gasteiger partial charge is 0.240 e. The predicted molar refractivity (Wildman–Crippen MR) is 81.6 cm³/mol. The summed E-state index contributed by atoms with van der Waals surface area (Å²) in [5.41, 5.74) is 8.16. The first kappa shape index (κ1) is 16.3. The zero-order valence-electron chi connectivity index (χ0n) is 11.5. The van der Waals surface area contributed by atoms with E-state index in [4.69, 9.17) is 38.5 Å². The fourth-order valence-electron chi connectivity index (χ4n) is 1.45. The lowest BCUT2D eigenvalue weighted by Gasteiger charge is -2.09. The maximum absolute atomic E-state index is 10.7. The molecule has 1 aromatic heterocycles. The first-order valence-electron chi connectivity index (χ1n) is 6.09. The molecule has 0 atom stereocenters. The number of carbonyl (C=O) groups excluding carboxylic acids is 1. The van der Waals surface area contributed by atoms with Gasteiger partial charge in [0.1, 0.15) is 17.4 Å². The van der Waals surface area contributed by atoms with Gasteiger partial charge < -0.3 is 10.5 Å². The molecular weight excluding hydrogens is 331 g/mol. The third kappa shape index (κ3) is 4.20. The number of rotatable bonds is 5. The van der Waals surface area contributed by atoms with Crippen LogP contribution in [0.2, 0.25) is 10.0 Å². The largest absolute Gasteiger partial charge is 0.437 e. The molecule has 0 saturated heterocycles. The van der Waals surface area contributed by atoms with Gasteiger partial charge in [0.05, 0.1) is 10.7 Å². The molecule has 0 bridgehead atoms. The van der Waals surface area contributed by atoms with Crippen LogP contribution in [0, 0.1) is 0 Å². The van der Waals surface area contributed by atoms with Crippen molar-refractivity contribution in [3.05, 3.63) is 40.3 Å². The van der Waals surface area contributed by atoms with Crippen molar-refractivity contribution in [1.82, 2.24) is 15.4 Å². The summed E-state index contributed by atoms with van der Waals surface area (Å²) in [5, 5.41) is 0.402. The first-order chi connectivity index (χ1) is 10.5. The predicted octanol–water partition coefficient (Wildman–Crippen LogP) is 2.73. The van der Waals surface area contributed by atoms with E-state index >= 15 is 0 Å². The highest BCUT2D eigenvalue weighted by Gasteiger charge is 2.11. The highest BCUT2D eigenvalue weighted by Crippen LogP contribution is 2.37. The summed E-state index contributed by atoms with van der Waals surface area (Å²) < 4.78 is 5.55. The number of hydrogen-bond donors (Lipinski definition) is 2. The average molecular weight is 343 g/mol. The Kier molecular flexibility index (Phi) is 5.37. The van der Waals surface area contributed by atoms with Crippen LogP contribution in [0.25, 0.3) is 0 Å². The second kappa shape index (κ2) is 7.26. The lowest BCUT2D eigenvalue weighted by molar-refractivity contribution is -0.132. The van der Waals surface area contributed by atoms with Crippen LogP contribution in [-0.4, -0.2) is 15.9 Å². The molecule has 0 unspecified atom stereocenters. The van der Waals surface area contributed by atoms with Crippen LogP contribution in [0.1, 0.15) is 12.7 Å². The molecule has 1 aromatic carbocycles. The fourth-order valence-corrected chi connectivity index (χ4v) is 1.81. The van der Waals surface area contributed by atoms with E-state index in [0.717, 1.165) is 0 Å². The summed E-state index contributed by atoms with van der Waals surface area (Å²) in [7, 11) is 0. The van der Waals surface area contributed by atoms with Crippen molar-refractivity contribution in [3.8, 4) is 11.6 Å². The van der Waals surface area contributed by atoms with Gasteiger partial charge in [-0.3, -0.25) is 9.63 Å². The molecule has 22 heavy (non-hydrogen) atoms. The molecule has 3 N–H and O–H groups in total. The van der Waals surface area contributed by atoms with Gasteiger partial charge in [0.2, 0.25) is 11.8 Å². The standard InChI is InChI=1S/C13H12Cl2N4O3/c1-7(20)19-21-6-10-17-5-4-11(18-10)22-9-3-2-8(16)12(14)13(9)15/h2-5H,6,16H2,1H3,(H,19,20). The van der Waals surface area contributed by atoms with Crippen molar-refractivity contribution in [1.29, 1.82) is 0 Å². The van der Waals surface area contributed by atoms with Gasteiger partial charge >= 0.3 is 0 Å². The van der Waals surface area contributed by atoms with Crippen LogP contribution in [0.4, 0.5) is 5.69 Å². The number of nitrogen functional groups attached to an aromatic ring is 1. The topological polar surface area (TPSA) is 99.4 Å². The number of benzene rings is 1. The monoisotopic (exact) mass is 342 g/mol. The van der Waals surface area contributed by atoms with Crippen LogP contribution < -0.4 is 16.0 Å². The number of carbonyl (C=O) groups is 1. The summed E-state index contributed by atoms with van der Waals surface area (Å²) >= 11 is 12.0. The summed E-state index contributed by atoms with van der Waals surface area (Å²) in [6, 6.07) is 4.70. The van der Waals surface area contributed by atoms with Crippen LogP contribution in [0.5, 0.6) is 11.6 Å². The van der Waals surface area contributed by atoms with E-state index in [1.54, 1.807) is 18.2 Å². The molecule has 2 aromatic rings. The van der Waals surface area contributed by atoms with E-state index < -0.39 is 0 Å². The van der Waals surface area contributed by atoms with E-state index in [2.05, 4.69) is 15.4 Å². The molecule has 7 nitrogen and oxygen atoms in total. The molecule has 0 aliphatic rings. The van der Waals surface area contributed by atoms with Crippen molar-refractivity contribution < 1.29 is 14.4 Å². The van der Waals surface area contributed by atoms with Gasteiger partial charge in [0.15, 0.2) is 5.82 Å². The van der Waals surface area contributed by atoms with Gasteiger partial charge in [-0.05, 0) is 12.1 Å². The Labute approximate surface area is 136 Å². The van der Waals surface area contributed by atoms with Crippen LogP contribution >= 0.6 is 23.2 Å². The maximum Gasteiger partial charge on any atom is 0.240 e. The van der Waals surface area contributed by atoms with E-state index in [1.165, 1.54) is 13.1 Å². The van der Waals surface area contributed by atoms with E-state index in [0.29, 0.717) is 17.3 Å². The van der Waals surface area contributed by atoms with Crippen molar-refractivity contribution in [3.63, 3.8) is 0 Å². The number of ether oxygens (including phenoxy) is 1. The molecule has 0 aliphatic heterocycles. The third-order valence-electron chi connectivity index (χ3n) is 2.39. The van der Waals surface area contributed by atoms with Crippen LogP contribution in [-0.2, 0) is 16.2 Å². The number of nitrogens with one attached hydrogen (secondary N) is 1. The molecule has 9 heteroatoms. The van der Waals surface area contributed by atoms with Gasteiger partial charge in [-0.15, -0.1) is 0 Å². The van der Waals surface area contributed by atoms with Crippen molar-refractivity contribution in [2.45, 2.75) is 13.5 Å². The molecule has 1 amide bonds. The molecular formula is C13H12Cl2N4O3. The highest BCUT2D eigenvalue weighted by atomic mass is 35.5. The molecule has 1 heterocycles. The zero-order valence-corrected chi connectivity index (χ0v) is 13.0. The number of halogens is 2. The third-order valence-corrected chi connectivity index (χ3v) is 3.27. The minimum absolute atomic E-state index is 0.00694. The summed E-state index contributed by atoms with van der Waals surface area (Å²) in [6.45, 7) is 1.32. The summed E-state index contributed by atoms with van der Waals surface area (Å²) in [5.74, 6) is 0.562. The van der Waals surface area contributed by atoms with Crippen LogP contribution in [0.15, 0.2) is 24.4 Å².